The van der Waals surface area contributed by atoms with Gasteiger partial charge in [-0.1, -0.05) is 12.1 Å². The first kappa shape index (κ1) is 24.0. The lowest BCUT2D eigenvalue weighted by molar-refractivity contribution is -0.143. The first-order chi connectivity index (χ1) is 13.9. The summed E-state index contributed by atoms with van der Waals surface area (Å²) in [6.07, 6.45) is -9.84. The Morgan fingerprint density at radius 2 is 1.50 bits per heavy atom. The van der Waals surface area contributed by atoms with Gasteiger partial charge in [0.2, 0.25) is 0 Å². The molecule has 0 spiro atoms. The number of halogens is 6. The van der Waals surface area contributed by atoms with E-state index >= 15 is 0 Å². The predicted octanol–water partition coefficient (Wildman–Crippen LogP) is 4.49. The molecule has 0 radical (unpaired) electrons. The van der Waals surface area contributed by atoms with Gasteiger partial charge in [0.05, 0.1) is 31.5 Å². The molecule has 30 heavy (non-hydrogen) atoms. The van der Waals surface area contributed by atoms with Gasteiger partial charge < -0.3 is 20.3 Å². The van der Waals surface area contributed by atoms with Crippen LogP contribution in [-0.2, 0) is 29.3 Å². The van der Waals surface area contributed by atoms with Crippen molar-refractivity contribution in [2.24, 2.45) is 5.73 Å². The van der Waals surface area contributed by atoms with Crippen molar-refractivity contribution in [2.45, 2.75) is 31.0 Å². The number of alkyl halides is 6. The largest absolute Gasteiger partial charge is 0.497 e. The van der Waals surface area contributed by atoms with Gasteiger partial charge in [0.25, 0.3) is 0 Å². The van der Waals surface area contributed by atoms with Crippen molar-refractivity contribution in [3.8, 4) is 5.75 Å². The van der Waals surface area contributed by atoms with Crippen molar-refractivity contribution in [3.05, 3.63) is 64.7 Å². The fourth-order valence-electron chi connectivity index (χ4n) is 2.89. The second-order valence-corrected chi connectivity index (χ2v) is 6.71. The molecule has 2 aromatic carbocycles. The maximum Gasteiger partial charge on any atom is 0.416 e. The molecule has 0 aliphatic heterocycles. The van der Waals surface area contributed by atoms with E-state index in [0.29, 0.717) is 23.4 Å². The Morgan fingerprint density at radius 1 is 0.900 bits per heavy atom. The van der Waals surface area contributed by atoms with E-state index in [9.17, 15) is 31.4 Å². The fourth-order valence-corrected chi connectivity index (χ4v) is 2.89. The third-order valence-corrected chi connectivity index (χ3v) is 4.42. The molecule has 1 unspecified atom stereocenters. The number of hydrogen-bond acceptors (Lipinski definition) is 4. The fraction of sp³-hybridized carbons (Fsp3) is 0.400. The maximum atomic E-state index is 13.0. The van der Waals surface area contributed by atoms with Crippen LogP contribution in [0.1, 0.15) is 28.7 Å². The van der Waals surface area contributed by atoms with Crippen molar-refractivity contribution >= 4 is 0 Å². The molecule has 0 bridgehead atoms. The third-order valence-electron chi connectivity index (χ3n) is 4.42. The smallest absolute Gasteiger partial charge is 0.416 e. The molecule has 0 aliphatic rings. The minimum Gasteiger partial charge on any atom is -0.497 e. The summed E-state index contributed by atoms with van der Waals surface area (Å²) in [5, 5.41) is 10.9. The van der Waals surface area contributed by atoms with Crippen LogP contribution in [0.15, 0.2) is 42.5 Å². The highest BCUT2D eigenvalue weighted by molar-refractivity contribution is 5.34. The summed E-state index contributed by atoms with van der Waals surface area (Å²) in [6, 6.07) is 7.63. The average Bonchev–Trinajstić information content (AvgIpc) is 2.66. The van der Waals surface area contributed by atoms with Gasteiger partial charge in [-0.15, -0.1) is 0 Å². The van der Waals surface area contributed by atoms with Gasteiger partial charge in [-0.3, -0.25) is 0 Å². The Hall–Kier alpha value is -2.30. The lowest BCUT2D eigenvalue weighted by Gasteiger charge is -2.28. The molecule has 10 heteroatoms. The van der Waals surface area contributed by atoms with Crippen LogP contribution in [0.3, 0.4) is 0 Å². The standard InChI is InChI=1S/C20H21F6NO3/c1-29-17-4-2-3-14(10-17)18(28,5-6-27)12-30-11-13-7-15(19(21,22)23)9-16(8-13)20(24,25)26/h2-4,7-10,28H,5-6,11-12,27H2,1H3. The van der Waals surface area contributed by atoms with Crippen LogP contribution in [0.4, 0.5) is 26.3 Å². The first-order valence-electron chi connectivity index (χ1n) is 8.82. The van der Waals surface area contributed by atoms with E-state index in [0.717, 1.165) is 0 Å². The quantitative estimate of drug-likeness (QED) is 0.598. The van der Waals surface area contributed by atoms with E-state index in [1.165, 1.54) is 7.11 Å². The lowest BCUT2D eigenvalue weighted by Crippen LogP contribution is -2.34. The molecule has 0 saturated heterocycles. The number of hydrogen-bond donors (Lipinski definition) is 2. The molecule has 0 fully saturated rings. The van der Waals surface area contributed by atoms with E-state index in [4.69, 9.17) is 15.2 Å². The first-order valence-corrected chi connectivity index (χ1v) is 8.82. The van der Waals surface area contributed by atoms with Gasteiger partial charge >= 0.3 is 12.4 Å². The summed E-state index contributed by atoms with van der Waals surface area (Å²) in [5.74, 6) is 0.454. The average molecular weight is 437 g/mol. The van der Waals surface area contributed by atoms with Gasteiger partial charge in [0.15, 0.2) is 0 Å². The predicted molar refractivity (Wildman–Crippen MR) is 96.7 cm³/mol. The van der Waals surface area contributed by atoms with Gasteiger partial charge in [-0.05, 0) is 54.4 Å². The van der Waals surface area contributed by atoms with Crippen molar-refractivity contribution < 1.29 is 40.9 Å². The molecule has 4 nitrogen and oxygen atoms in total. The Morgan fingerprint density at radius 3 is 2.00 bits per heavy atom. The number of methoxy groups -OCH3 is 1. The Kier molecular flexibility index (Phi) is 7.38. The second kappa shape index (κ2) is 9.23. The number of benzene rings is 2. The molecule has 2 aromatic rings. The lowest BCUT2D eigenvalue weighted by atomic mass is 9.91. The van der Waals surface area contributed by atoms with E-state index < -0.39 is 42.3 Å². The molecular weight excluding hydrogens is 416 g/mol. The summed E-state index contributed by atoms with van der Waals surface area (Å²) < 4.78 is 88.2. The van der Waals surface area contributed by atoms with Crippen LogP contribution in [0.2, 0.25) is 0 Å². The third kappa shape index (κ3) is 6.10. The number of aliphatic hydroxyl groups is 1. The molecule has 1 atom stereocenters. The zero-order valence-corrected chi connectivity index (χ0v) is 16.0. The summed E-state index contributed by atoms with van der Waals surface area (Å²) in [4.78, 5) is 0. The minimum atomic E-state index is -4.95. The zero-order valence-electron chi connectivity index (χ0n) is 16.0. The highest BCUT2D eigenvalue weighted by Crippen LogP contribution is 2.36. The van der Waals surface area contributed by atoms with E-state index in [1.807, 2.05) is 0 Å². The Bertz CT molecular complexity index is 821. The number of ether oxygens (including phenoxy) is 2. The minimum absolute atomic E-state index is 0.0461. The summed E-state index contributed by atoms with van der Waals surface area (Å²) >= 11 is 0. The monoisotopic (exact) mass is 437 g/mol. The van der Waals surface area contributed by atoms with E-state index in [1.54, 1.807) is 24.3 Å². The zero-order chi connectivity index (χ0) is 22.6. The molecule has 3 N–H and O–H groups in total. The molecule has 0 aromatic heterocycles. The number of rotatable bonds is 8. The van der Waals surface area contributed by atoms with Crippen molar-refractivity contribution in [1.82, 2.24) is 0 Å². The molecule has 0 aliphatic carbocycles. The summed E-state index contributed by atoms with van der Waals surface area (Å²) in [7, 11) is 1.43. The second-order valence-electron chi connectivity index (χ2n) is 6.71. The van der Waals surface area contributed by atoms with Gasteiger partial charge in [0.1, 0.15) is 11.4 Å². The summed E-state index contributed by atoms with van der Waals surface area (Å²) in [6.45, 7) is -0.891. The van der Waals surface area contributed by atoms with Crippen molar-refractivity contribution in [3.63, 3.8) is 0 Å². The molecule has 166 valence electrons. The van der Waals surface area contributed by atoms with Crippen LogP contribution in [0, 0.1) is 0 Å². The Labute approximate surface area is 169 Å². The summed E-state index contributed by atoms with van der Waals surface area (Å²) in [5.41, 5.74) is 1.16. The van der Waals surface area contributed by atoms with Crippen LogP contribution < -0.4 is 10.5 Å². The van der Waals surface area contributed by atoms with Crippen LogP contribution in [-0.4, -0.2) is 25.4 Å². The van der Waals surface area contributed by atoms with Crippen LogP contribution >= 0.6 is 0 Å². The molecule has 0 saturated carbocycles. The highest BCUT2D eigenvalue weighted by Gasteiger charge is 2.37. The van der Waals surface area contributed by atoms with Gasteiger partial charge in [-0.2, -0.15) is 26.3 Å². The van der Waals surface area contributed by atoms with Gasteiger partial charge in [-0.25, -0.2) is 0 Å². The molecule has 0 heterocycles. The van der Waals surface area contributed by atoms with Crippen molar-refractivity contribution in [2.75, 3.05) is 20.3 Å². The van der Waals surface area contributed by atoms with Crippen LogP contribution in [0.25, 0.3) is 0 Å². The molecule has 2 rings (SSSR count). The van der Waals surface area contributed by atoms with Crippen molar-refractivity contribution in [1.29, 1.82) is 0 Å². The van der Waals surface area contributed by atoms with E-state index in [-0.39, 0.29) is 24.6 Å². The highest BCUT2D eigenvalue weighted by atomic mass is 19.4. The van der Waals surface area contributed by atoms with E-state index in [2.05, 4.69) is 0 Å². The SMILES string of the molecule is COc1cccc(C(O)(CCN)COCc2cc(C(F)(F)F)cc(C(F)(F)F)c2)c1. The van der Waals surface area contributed by atoms with Crippen LogP contribution in [0.5, 0.6) is 5.75 Å². The Balaban J connectivity index is 2.24. The normalized spacial score (nSPS) is 14.4. The number of nitrogens with two attached hydrogens (primary N) is 1. The molecular formula is C20H21F6NO3. The van der Waals surface area contributed by atoms with Gasteiger partial charge in [0, 0.05) is 0 Å². The maximum absolute atomic E-state index is 13.0. The molecule has 0 amide bonds. The topological polar surface area (TPSA) is 64.7 Å².